The van der Waals surface area contributed by atoms with Crippen molar-refractivity contribution < 1.29 is 19.0 Å². The van der Waals surface area contributed by atoms with Gasteiger partial charge >= 0.3 is 5.97 Å². The standard InChI is InChI=1S/C26H28FN3O3/c1-14(2)25-24(15-4-6-16(7-5-15)26(31)32)18-11-20-21(29-13-28-20)12-22(18)30(25)17-8-9-19(27)23(10-17)33-3/h8-16H,4-7H2,1-3H3,(H,28,29)(H,31,32). The summed E-state index contributed by atoms with van der Waals surface area (Å²) in [6.07, 6.45) is 4.73. The molecule has 2 N–H and O–H groups in total. The molecule has 0 spiro atoms. The Kier molecular flexibility index (Phi) is 5.35. The lowest BCUT2D eigenvalue weighted by Crippen LogP contribution is -2.21. The molecule has 6 nitrogen and oxygen atoms in total. The van der Waals surface area contributed by atoms with Crippen molar-refractivity contribution in [2.45, 2.75) is 51.4 Å². The largest absolute Gasteiger partial charge is 0.494 e. The van der Waals surface area contributed by atoms with Crippen LogP contribution in [0.3, 0.4) is 0 Å². The van der Waals surface area contributed by atoms with E-state index in [-0.39, 0.29) is 23.5 Å². The molecule has 2 heterocycles. The van der Waals surface area contributed by atoms with Crippen LogP contribution in [-0.2, 0) is 4.79 Å². The first kappa shape index (κ1) is 21.5. The number of imidazole rings is 1. The molecule has 1 aliphatic carbocycles. The van der Waals surface area contributed by atoms with Crippen molar-refractivity contribution in [3.05, 3.63) is 53.7 Å². The van der Waals surface area contributed by atoms with Crippen LogP contribution in [0.15, 0.2) is 36.7 Å². The average Bonchev–Trinajstić information content (AvgIpc) is 3.39. The van der Waals surface area contributed by atoms with Gasteiger partial charge < -0.3 is 19.4 Å². The number of ether oxygens (including phenoxy) is 1. The lowest BCUT2D eigenvalue weighted by atomic mass is 9.77. The van der Waals surface area contributed by atoms with Gasteiger partial charge in [-0.1, -0.05) is 13.8 Å². The van der Waals surface area contributed by atoms with Crippen molar-refractivity contribution in [3.8, 4) is 11.4 Å². The van der Waals surface area contributed by atoms with Gasteiger partial charge in [0, 0.05) is 22.8 Å². The lowest BCUT2D eigenvalue weighted by Gasteiger charge is -2.28. The molecule has 7 heteroatoms. The molecule has 2 aromatic carbocycles. The van der Waals surface area contributed by atoms with Crippen molar-refractivity contribution in [2.24, 2.45) is 5.92 Å². The molecule has 2 aromatic heterocycles. The van der Waals surface area contributed by atoms with Crippen molar-refractivity contribution >= 4 is 27.9 Å². The fourth-order valence-electron chi connectivity index (χ4n) is 5.45. The summed E-state index contributed by atoms with van der Waals surface area (Å²) in [6, 6.07) is 9.19. The number of methoxy groups -OCH3 is 1. The van der Waals surface area contributed by atoms with E-state index in [0.29, 0.717) is 12.8 Å². The summed E-state index contributed by atoms with van der Waals surface area (Å²) in [4.78, 5) is 19.2. The third kappa shape index (κ3) is 3.56. The monoisotopic (exact) mass is 449 g/mol. The van der Waals surface area contributed by atoms with Crippen LogP contribution in [0.2, 0.25) is 0 Å². The highest BCUT2D eigenvalue weighted by Gasteiger charge is 2.32. The predicted octanol–water partition coefficient (Wildman–Crippen LogP) is 6.14. The Bertz CT molecular complexity index is 1350. The van der Waals surface area contributed by atoms with Crippen LogP contribution in [0.1, 0.15) is 62.6 Å². The van der Waals surface area contributed by atoms with Crippen LogP contribution >= 0.6 is 0 Å². The van der Waals surface area contributed by atoms with Crippen molar-refractivity contribution in [1.82, 2.24) is 14.5 Å². The zero-order chi connectivity index (χ0) is 23.3. The molecule has 172 valence electrons. The first-order valence-electron chi connectivity index (χ1n) is 11.5. The number of nitrogens with one attached hydrogen (secondary N) is 1. The maximum Gasteiger partial charge on any atom is 0.306 e. The average molecular weight is 450 g/mol. The van der Waals surface area contributed by atoms with Gasteiger partial charge in [-0.05, 0) is 67.3 Å². The van der Waals surface area contributed by atoms with Crippen molar-refractivity contribution in [3.63, 3.8) is 0 Å². The first-order valence-corrected chi connectivity index (χ1v) is 11.5. The van der Waals surface area contributed by atoms with Gasteiger partial charge in [-0.15, -0.1) is 0 Å². The Hall–Kier alpha value is -3.35. The molecular formula is C26H28FN3O3. The van der Waals surface area contributed by atoms with Gasteiger partial charge in [0.2, 0.25) is 0 Å². The summed E-state index contributed by atoms with van der Waals surface area (Å²) in [5.41, 5.74) is 6.12. The van der Waals surface area contributed by atoms with Gasteiger partial charge in [0.1, 0.15) is 0 Å². The van der Waals surface area contributed by atoms with Crippen LogP contribution < -0.4 is 4.74 Å². The minimum absolute atomic E-state index is 0.201. The number of hydrogen-bond acceptors (Lipinski definition) is 3. The number of H-pyrrole nitrogens is 1. The Morgan fingerprint density at radius 2 is 1.97 bits per heavy atom. The van der Waals surface area contributed by atoms with Gasteiger partial charge in [0.25, 0.3) is 0 Å². The number of hydrogen-bond donors (Lipinski definition) is 2. The maximum absolute atomic E-state index is 14.2. The molecular weight excluding hydrogens is 421 g/mol. The van der Waals surface area contributed by atoms with E-state index < -0.39 is 11.8 Å². The maximum atomic E-state index is 14.2. The fourth-order valence-corrected chi connectivity index (χ4v) is 5.45. The minimum atomic E-state index is -0.697. The Balaban J connectivity index is 1.77. The molecule has 4 aromatic rings. The molecule has 1 saturated carbocycles. The van der Waals surface area contributed by atoms with Gasteiger partial charge in [-0.2, -0.15) is 0 Å². The lowest BCUT2D eigenvalue weighted by molar-refractivity contribution is -0.142. The van der Waals surface area contributed by atoms with E-state index in [0.717, 1.165) is 40.5 Å². The highest BCUT2D eigenvalue weighted by molar-refractivity contribution is 5.98. The number of carboxylic acids is 1. The van der Waals surface area contributed by atoms with E-state index in [2.05, 4.69) is 40.5 Å². The van der Waals surface area contributed by atoms with Crippen molar-refractivity contribution in [1.29, 1.82) is 0 Å². The summed E-state index contributed by atoms with van der Waals surface area (Å²) in [7, 11) is 1.47. The van der Waals surface area contributed by atoms with Crippen LogP contribution in [0.25, 0.3) is 27.6 Å². The highest BCUT2D eigenvalue weighted by Crippen LogP contribution is 2.45. The van der Waals surface area contributed by atoms with E-state index in [1.807, 2.05) is 0 Å². The van der Waals surface area contributed by atoms with E-state index in [9.17, 15) is 14.3 Å². The fraction of sp³-hybridized carbons (Fsp3) is 0.385. The number of carboxylic acid groups (broad SMARTS) is 1. The highest BCUT2D eigenvalue weighted by atomic mass is 19.1. The van der Waals surface area contributed by atoms with Crippen LogP contribution in [0, 0.1) is 11.7 Å². The van der Waals surface area contributed by atoms with Crippen LogP contribution in [0.4, 0.5) is 4.39 Å². The van der Waals surface area contributed by atoms with E-state index in [1.165, 1.54) is 24.4 Å². The van der Waals surface area contributed by atoms with Crippen molar-refractivity contribution in [2.75, 3.05) is 7.11 Å². The molecule has 0 aliphatic heterocycles. The van der Waals surface area contributed by atoms with Gasteiger partial charge in [0.15, 0.2) is 11.6 Å². The second-order valence-corrected chi connectivity index (χ2v) is 9.28. The number of rotatable bonds is 5. The zero-order valence-electron chi connectivity index (χ0n) is 19.1. The molecule has 1 aliphatic rings. The van der Waals surface area contributed by atoms with Gasteiger partial charge in [0.05, 0.1) is 35.9 Å². The number of aliphatic carboxylic acids is 1. The Morgan fingerprint density at radius 3 is 2.64 bits per heavy atom. The summed E-state index contributed by atoms with van der Waals surface area (Å²) in [5.74, 6) is -0.689. The van der Waals surface area contributed by atoms with Gasteiger partial charge in [-0.3, -0.25) is 4.79 Å². The van der Waals surface area contributed by atoms with E-state index in [4.69, 9.17) is 4.74 Å². The van der Waals surface area contributed by atoms with Crippen LogP contribution in [0.5, 0.6) is 5.75 Å². The molecule has 0 radical (unpaired) electrons. The smallest absolute Gasteiger partial charge is 0.306 e. The number of aromatic nitrogens is 3. The number of fused-ring (bicyclic) bond motifs is 2. The zero-order valence-corrected chi connectivity index (χ0v) is 19.1. The summed E-state index contributed by atoms with van der Waals surface area (Å²) in [5, 5.41) is 10.6. The minimum Gasteiger partial charge on any atom is -0.494 e. The summed E-state index contributed by atoms with van der Waals surface area (Å²) in [6.45, 7) is 4.34. The summed E-state index contributed by atoms with van der Waals surface area (Å²) >= 11 is 0. The van der Waals surface area contributed by atoms with Crippen LogP contribution in [-0.4, -0.2) is 32.7 Å². The third-order valence-corrected chi connectivity index (χ3v) is 7.01. The molecule has 1 fully saturated rings. The molecule has 5 rings (SSSR count). The topological polar surface area (TPSA) is 80.1 Å². The molecule has 0 unspecified atom stereocenters. The number of nitrogens with zero attached hydrogens (tertiary/aromatic N) is 2. The Labute approximate surface area is 191 Å². The number of halogens is 1. The van der Waals surface area contributed by atoms with E-state index in [1.54, 1.807) is 18.5 Å². The molecule has 0 saturated heterocycles. The second kappa shape index (κ2) is 8.21. The summed E-state index contributed by atoms with van der Waals surface area (Å²) < 4.78 is 21.7. The molecule has 0 amide bonds. The second-order valence-electron chi connectivity index (χ2n) is 9.28. The predicted molar refractivity (Wildman–Crippen MR) is 126 cm³/mol. The van der Waals surface area contributed by atoms with Gasteiger partial charge in [-0.25, -0.2) is 9.37 Å². The number of aromatic amines is 1. The number of benzene rings is 2. The quantitative estimate of drug-likeness (QED) is 0.384. The number of carbonyl (C=O) groups is 1. The first-order chi connectivity index (χ1) is 15.9. The third-order valence-electron chi connectivity index (χ3n) is 7.01. The Morgan fingerprint density at radius 1 is 1.21 bits per heavy atom. The normalized spacial score (nSPS) is 18.9. The SMILES string of the molecule is COc1cc(-n2c(C(C)C)c(C3CCC(C(=O)O)CC3)c3cc4[nH]cnc4cc32)ccc1F. The molecule has 0 bridgehead atoms. The molecule has 0 atom stereocenters. The van der Waals surface area contributed by atoms with E-state index >= 15 is 0 Å². The molecule has 33 heavy (non-hydrogen) atoms.